The summed E-state index contributed by atoms with van der Waals surface area (Å²) in [7, 11) is 0. The molecule has 1 heterocycles. The molecule has 0 aliphatic carbocycles. The molecule has 0 amide bonds. The van der Waals surface area contributed by atoms with Crippen molar-refractivity contribution in [2.75, 3.05) is 5.73 Å². The molecule has 0 fully saturated rings. The van der Waals surface area contributed by atoms with Crippen molar-refractivity contribution in [2.24, 2.45) is 0 Å². The lowest BCUT2D eigenvalue weighted by atomic mass is 10.2. The van der Waals surface area contributed by atoms with E-state index in [4.69, 9.17) is 10.8 Å². The first-order valence-corrected chi connectivity index (χ1v) is 8.59. The van der Waals surface area contributed by atoms with Gasteiger partial charge in [0.2, 0.25) is 0 Å². The average molecular weight is 362 g/mol. The number of hydrogen-bond acceptors (Lipinski definition) is 3. The minimum Gasteiger partial charge on any atom is -0.398 e. The van der Waals surface area contributed by atoms with Gasteiger partial charge in [0.1, 0.15) is 0 Å². The van der Waals surface area contributed by atoms with Crippen molar-refractivity contribution in [2.45, 2.75) is 24.1 Å². The van der Waals surface area contributed by atoms with E-state index in [-0.39, 0.29) is 0 Å². The summed E-state index contributed by atoms with van der Waals surface area (Å²) in [4.78, 5) is 1.08. The van der Waals surface area contributed by atoms with Crippen LogP contribution in [0.4, 0.5) is 5.69 Å². The Morgan fingerprint density at radius 3 is 2.86 bits per heavy atom. The molecule has 0 saturated carbocycles. The van der Waals surface area contributed by atoms with Crippen LogP contribution in [0.5, 0.6) is 0 Å². The quantitative estimate of drug-likeness (QED) is 0.541. The Balaban J connectivity index is 1.90. The molecule has 108 valence electrons. The maximum absolute atomic E-state index is 6.03. The summed E-state index contributed by atoms with van der Waals surface area (Å²) in [5, 5.41) is 5.94. The van der Waals surface area contributed by atoms with Crippen LogP contribution in [0.2, 0.25) is 0 Å². The molecular formula is C16H16BrN3S. The van der Waals surface area contributed by atoms with Gasteiger partial charge in [0, 0.05) is 32.7 Å². The lowest BCUT2D eigenvalue weighted by Crippen LogP contribution is -1.96. The summed E-state index contributed by atoms with van der Waals surface area (Å²) in [5.74, 6) is 0.814. The third-order valence-electron chi connectivity index (χ3n) is 3.37. The van der Waals surface area contributed by atoms with E-state index in [0.717, 1.165) is 33.0 Å². The molecule has 3 rings (SSSR count). The van der Waals surface area contributed by atoms with E-state index in [1.807, 2.05) is 12.1 Å². The number of rotatable bonds is 4. The molecule has 3 nitrogen and oxygen atoms in total. The van der Waals surface area contributed by atoms with Gasteiger partial charge in [-0.1, -0.05) is 34.1 Å². The number of benzene rings is 2. The van der Waals surface area contributed by atoms with E-state index in [9.17, 15) is 0 Å². The Morgan fingerprint density at radius 2 is 2.05 bits per heavy atom. The number of nitrogens with zero attached hydrogens (tertiary/aromatic N) is 2. The smallest absolute Gasteiger partial charge is 0.0805 e. The van der Waals surface area contributed by atoms with Crippen LogP contribution in [0.1, 0.15) is 12.6 Å². The van der Waals surface area contributed by atoms with Crippen molar-refractivity contribution < 1.29 is 0 Å². The molecule has 0 spiro atoms. The molecule has 2 aromatic carbocycles. The number of aromatic nitrogens is 2. The first-order valence-electron chi connectivity index (χ1n) is 6.81. The maximum Gasteiger partial charge on any atom is 0.0805 e. The Labute approximate surface area is 136 Å². The van der Waals surface area contributed by atoms with Gasteiger partial charge in [0.15, 0.2) is 0 Å². The van der Waals surface area contributed by atoms with Gasteiger partial charge in [-0.15, -0.1) is 11.8 Å². The van der Waals surface area contributed by atoms with Gasteiger partial charge in [-0.2, -0.15) is 5.10 Å². The fourth-order valence-corrected chi connectivity index (χ4v) is 3.79. The topological polar surface area (TPSA) is 43.8 Å². The van der Waals surface area contributed by atoms with Crippen molar-refractivity contribution in [3.63, 3.8) is 0 Å². The fourth-order valence-electron chi connectivity index (χ4n) is 2.32. The Morgan fingerprint density at radius 1 is 1.24 bits per heavy atom. The third kappa shape index (κ3) is 2.94. The van der Waals surface area contributed by atoms with Gasteiger partial charge in [-0.3, -0.25) is 4.68 Å². The minimum atomic E-state index is 0.808. The Bertz CT molecular complexity index is 782. The molecule has 0 saturated heterocycles. The summed E-state index contributed by atoms with van der Waals surface area (Å²) in [6.07, 6.45) is 0. The van der Waals surface area contributed by atoms with Gasteiger partial charge < -0.3 is 5.73 Å². The van der Waals surface area contributed by atoms with Gasteiger partial charge in [-0.05, 0) is 31.2 Å². The van der Waals surface area contributed by atoms with Crippen LogP contribution < -0.4 is 5.73 Å². The van der Waals surface area contributed by atoms with E-state index < -0.39 is 0 Å². The third-order valence-corrected chi connectivity index (χ3v) is 4.95. The highest BCUT2D eigenvalue weighted by Crippen LogP contribution is 2.32. The van der Waals surface area contributed by atoms with Gasteiger partial charge in [-0.25, -0.2) is 0 Å². The number of nitrogen functional groups attached to an aromatic ring is 1. The van der Waals surface area contributed by atoms with Crippen molar-refractivity contribution in [3.8, 4) is 0 Å². The molecular weight excluding hydrogens is 346 g/mol. The van der Waals surface area contributed by atoms with E-state index in [1.54, 1.807) is 11.8 Å². The highest BCUT2D eigenvalue weighted by Gasteiger charge is 2.10. The zero-order valence-electron chi connectivity index (χ0n) is 11.7. The van der Waals surface area contributed by atoms with Crippen LogP contribution in [0.15, 0.2) is 51.8 Å². The second-order valence-corrected chi connectivity index (χ2v) is 6.68. The summed E-state index contributed by atoms with van der Waals surface area (Å²) in [6.45, 7) is 2.99. The highest BCUT2D eigenvalue weighted by atomic mass is 79.9. The predicted octanol–water partition coefficient (Wildman–Crippen LogP) is 4.69. The molecule has 0 unspecified atom stereocenters. The van der Waals surface area contributed by atoms with Gasteiger partial charge in [0.25, 0.3) is 0 Å². The molecule has 3 aromatic rings. The van der Waals surface area contributed by atoms with E-state index in [2.05, 4.69) is 57.9 Å². The number of halogens is 1. The number of nitrogens with two attached hydrogens (primary N) is 1. The van der Waals surface area contributed by atoms with E-state index >= 15 is 0 Å². The predicted molar refractivity (Wildman–Crippen MR) is 93.5 cm³/mol. The SMILES string of the molecule is CCn1nc(CSc2cc(Br)ccc2N)c2ccccc21. The average Bonchev–Trinajstić information content (AvgIpc) is 2.86. The first kappa shape index (κ1) is 14.5. The molecule has 2 N–H and O–H groups in total. The van der Waals surface area contributed by atoms with Crippen LogP contribution in [0.25, 0.3) is 10.9 Å². The second-order valence-electron chi connectivity index (χ2n) is 4.75. The van der Waals surface area contributed by atoms with Crippen LogP contribution in [-0.4, -0.2) is 9.78 Å². The maximum atomic E-state index is 6.03. The molecule has 0 radical (unpaired) electrons. The Hall–Kier alpha value is -1.46. The van der Waals surface area contributed by atoms with Crippen LogP contribution in [0.3, 0.4) is 0 Å². The molecule has 1 aromatic heterocycles. The number of para-hydroxylation sites is 1. The van der Waals surface area contributed by atoms with E-state index in [0.29, 0.717) is 0 Å². The number of fused-ring (bicyclic) bond motifs is 1. The van der Waals surface area contributed by atoms with E-state index in [1.165, 1.54) is 10.9 Å². The summed E-state index contributed by atoms with van der Waals surface area (Å²) >= 11 is 5.21. The number of thioether (sulfide) groups is 1. The highest BCUT2D eigenvalue weighted by molar-refractivity contribution is 9.10. The lowest BCUT2D eigenvalue weighted by Gasteiger charge is -2.05. The van der Waals surface area contributed by atoms with Crippen LogP contribution in [0, 0.1) is 0 Å². The molecule has 0 aliphatic heterocycles. The lowest BCUT2D eigenvalue weighted by molar-refractivity contribution is 0.675. The normalized spacial score (nSPS) is 11.1. The molecule has 0 bridgehead atoms. The largest absolute Gasteiger partial charge is 0.398 e. The van der Waals surface area contributed by atoms with Crippen molar-refractivity contribution >= 4 is 44.3 Å². The van der Waals surface area contributed by atoms with Gasteiger partial charge in [0.05, 0.1) is 11.2 Å². The zero-order chi connectivity index (χ0) is 14.8. The number of aryl methyl sites for hydroxylation is 1. The monoisotopic (exact) mass is 361 g/mol. The van der Waals surface area contributed by atoms with Crippen LogP contribution in [-0.2, 0) is 12.3 Å². The zero-order valence-corrected chi connectivity index (χ0v) is 14.1. The van der Waals surface area contributed by atoms with Gasteiger partial charge >= 0.3 is 0 Å². The summed E-state index contributed by atoms with van der Waals surface area (Å²) in [6, 6.07) is 14.3. The standard InChI is InChI=1S/C16H16BrN3S/c1-2-20-15-6-4-3-5-12(15)14(19-20)10-21-16-9-11(17)7-8-13(16)18/h3-9H,2,10,18H2,1H3. The fraction of sp³-hybridized carbons (Fsp3) is 0.188. The second kappa shape index (κ2) is 6.12. The first-order chi connectivity index (χ1) is 10.2. The van der Waals surface area contributed by atoms with Crippen molar-refractivity contribution in [1.29, 1.82) is 0 Å². The summed E-state index contributed by atoms with van der Waals surface area (Å²) < 4.78 is 3.10. The number of hydrogen-bond donors (Lipinski definition) is 1. The molecule has 5 heteroatoms. The Kier molecular flexibility index (Phi) is 4.22. The summed E-state index contributed by atoms with van der Waals surface area (Å²) in [5.41, 5.74) is 9.14. The molecule has 0 aliphatic rings. The minimum absolute atomic E-state index is 0.808. The van der Waals surface area contributed by atoms with Crippen LogP contribution >= 0.6 is 27.7 Å². The molecule has 21 heavy (non-hydrogen) atoms. The van der Waals surface area contributed by atoms with Crippen molar-refractivity contribution in [3.05, 3.63) is 52.6 Å². The molecule has 0 atom stereocenters. The number of anilines is 1. The van der Waals surface area contributed by atoms with Crippen molar-refractivity contribution in [1.82, 2.24) is 9.78 Å².